The van der Waals surface area contributed by atoms with Crippen LogP contribution in [0.1, 0.15) is 46.5 Å². The summed E-state index contributed by atoms with van der Waals surface area (Å²) in [5, 5.41) is 0. The summed E-state index contributed by atoms with van der Waals surface area (Å²) in [4.78, 5) is 22.2. The molecule has 0 aromatic rings. The maximum atomic E-state index is 11.3. The zero-order chi connectivity index (χ0) is 14.9. The Labute approximate surface area is 121 Å². The zero-order valence-electron chi connectivity index (χ0n) is 13.0. The molecule has 0 aromatic carbocycles. The average Bonchev–Trinajstić information content (AvgIpc) is 3.13. The predicted molar refractivity (Wildman–Crippen MR) is 75.2 cm³/mol. The van der Waals surface area contributed by atoms with Gasteiger partial charge in [0, 0.05) is 5.92 Å². The van der Waals surface area contributed by atoms with Crippen LogP contribution in [0.2, 0.25) is 0 Å². The first-order chi connectivity index (χ1) is 9.40. The molecular formula is C16H26O4. The number of ketones is 1. The molecule has 0 aromatic heterocycles. The van der Waals surface area contributed by atoms with Crippen LogP contribution in [0.15, 0.2) is 0 Å². The van der Waals surface area contributed by atoms with E-state index in [9.17, 15) is 9.59 Å². The number of carbonyl (C=O) groups is 2. The predicted octanol–water partition coefficient (Wildman–Crippen LogP) is 2.60. The Morgan fingerprint density at radius 2 is 2.00 bits per heavy atom. The van der Waals surface area contributed by atoms with Crippen molar-refractivity contribution in [3.8, 4) is 0 Å². The molecule has 3 aliphatic rings. The summed E-state index contributed by atoms with van der Waals surface area (Å²) in [6.07, 6.45) is 5.00. The van der Waals surface area contributed by atoms with Crippen LogP contribution < -0.4 is 0 Å². The Hall–Kier alpha value is -0.900. The summed E-state index contributed by atoms with van der Waals surface area (Å²) in [6.45, 7) is 6.12. The number of hydrogen-bond donors (Lipinski definition) is 0. The largest absolute Gasteiger partial charge is 0.469 e. The fraction of sp³-hybridized carbons (Fsp3) is 0.875. The topological polar surface area (TPSA) is 52.6 Å². The molecule has 1 heterocycles. The minimum Gasteiger partial charge on any atom is -0.469 e. The van der Waals surface area contributed by atoms with E-state index >= 15 is 0 Å². The van der Waals surface area contributed by atoms with Gasteiger partial charge < -0.3 is 9.47 Å². The van der Waals surface area contributed by atoms with Crippen LogP contribution in [0.25, 0.3) is 0 Å². The number of carbonyl (C=O) groups excluding carboxylic acids is 2. The minimum atomic E-state index is -0.311. The third-order valence-corrected chi connectivity index (χ3v) is 5.25. The number of hydrogen-bond acceptors (Lipinski definition) is 4. The van der Waals surface area contributed by atoms with Gasteiger partial charge in [-0.15, -0.1) is 0 Å². The van der Waals surface area contributed by atoms with Crippen molar-refractivity contribution in [2.24, 2.45) is 23.2 Å². The van der Waals surface area contributed by atoms with Crippen LogP contribution in [0.4, 0.5) is 0 Å². The lowest BCUT2D eigenvalue weighted by Crippen LogP contribution is -2.26. The van der Waals surface area contributed by atoms with E-state index < -0.39 is 0 Å². The van der Waals surface area contributed by atoms with Gasteiger partial charge in [0.1, 0.15) is 6.61 Å². The summed E-state index contributed by atoms with van der Waals surface area (Å²) >= 11 is 0. The second-order valence-electron chi connectivity index (χ2n) is 6.83. The van der Waals surface area contributed by atoms with Gasteiger partial charge in [-0.25, -0.2) is 0 Å². The fourth-order valence-corrected chi connectivity index (χ4v) is 3.62. The number of Topliss-reactive ketones (excluding diaryl/α,β-unsaturated/α-hetero) is 1. The van der Waals surface area contributed by atoms with Gasteiger partial charge in [0.2, 0.25) is 0 Å². The molecule has 3 rings (SSSR count). The highest BCUT2D eigenvalue weighted by atomic mass is 16.5. The first-order valence-corrected chi connectivity index (χ1v) is 7.63. The maximum absolute atomic E-state index is 11.3. The van der Waals surface area contributed by atoms with Crippen molar-refractivity contribution in [1.29, 1.82) is 0 Å². The molecule has 1 aliphatic heterocycles. The Bertz CT molecular complexity index is 388. The lowest BCUT2D eigenvalue weighted by molar-refractivity contribution is -0.150. The summed E-state index contributed by atoms with van der Waals surface area (Å²) in [5.41, 5.74) is -0.311. The lowest BCUT2D eigenvalue weighted by atomic mass is 9.85. The molecule has 4 nitrogen and oxygen atoms in total. The molecule has 2 aliphatic carbocycles. The molecule has 2 bridgehead atoms. The van der Waals surface area contributed by atoms with Gasteiger partial charge in [-0.3, -0.25) is 9.59 Å². The standard InChI is InChI=1S/C9H12O2.C7H14O2/c10-7-4-11-9-6-2-1-5(3-6)8(7)9;1-5-7(2,3)6(8)9-4/h5-6,8-9H,1-4H2;5H2,1-4H3. The van der Waals surface area contributed by atoms with Gasteiger partial charge in [0.25, 0.3) is 0 Å². The molecule has 1 saturated heterocycles. The van der Waals surface area contributed by atoms with E-state index in [4.69, 9.17) is 4.74 Å². The van der Waals surface area contributed by atoms with Crippen LogP contribution in [0.5, 0.6) is 0 Å². The highest BCUT2D eigenvalue weighted by Crippen LogP contribution is 2.52. The Morgan fingerprint density at radius 3 is 2.50 bits per heavy atom. The summed E-state index contributed by atoms with van der Waals surface area (Å²) in [6, 6.07) is 0. The van der Waals surface area contributed by atoms with Gasteiger partial charge in [0.15, 0.2) is 5.78 Å². The molecule has 4 heteroatoms. The van der Waals surface area contributed by atoms with E-state index in [1.165, 1.54) is 26.4 Å². The molecule has 2 saturated carbocycles. The normalized spacial score (nSPS) is 34.5. The van der Waals surface area contributed by atoms with Gasteiger partial charge >= 0.3 is 5.97 Å². The van der Waals surface area contributed by atoms with Crippen LogP contribution >= 0.6 is 0 Å². The van der Waals surface area contributed by atoms with Crippen LogP contribution in [0.3, 0.4) is 0 Å². The maximum Gasteiger partial charge on any atom is 0.311 e. The molecule has 0 radical (unpaired) electrons. The van der Waals surface area contributed by atoms with Gasteiger partial charge in [-0.2, -0.15) is 0 Å². The second kappa shape index (κ2) is 5.84. The first-order valence-electron chi connectivity index (χ1n) is 7.63. The number of methoxy groups -OCH3 is 1. The van der Waals surface area contributed by atoms with Crippen molar-refractivity contribution in [2.45, 2.75) is 52.6 Å². The van der Waals surface area contributed by atoms with Gasteiger partial charge in [-0.05, 0) is 51.4 Å². The van der Waals surface area contributed by atoms with Crippen molar-refractivity contribution in [3.63, 3.8) is 0 Å². The van der Waals surface area contributed by atoms with Crippen molar-refractivity contribution < 1.29 is 19.1 Å². The van der Waals surface area contributed by atoms with Crippen LogP contribution in [0, 0.1) is 23.2 Å². The second-order valence-corrected chi connectivity index (χ2v) is 6.83. The third kappa shape index (κ3) is 2.76. The summed E-state index contributed by atoms with van der Waals surface area (Å²) in [5.74, 6) is 1.98. The molecule has 3 fully saturated rings. The average molecular weight is 282 g/mol. The Kier molecular flexibility index (Phi) is 4.52. The highest BCUT2D eigenvalue weighted by Gasteiger charge is 2.54. The lowest BCUT2D eigenvalue weighted by Gasteiger charge is -2.21. The number of esters is 1. The van der Waals surface area contributed by atoms with E-state index in [-0.39, 0.29) is 11.4 Å². The SMILES string of the molecule is CCC(C)(C)C(=O)OC.O=C1COC2C3CCC(C3)C12. The minimum absolute atomic E-state index is 0.134. The summed E-state index contributed by atoms with van der Waals surface area (Å²) < 4.78 is 10.0. The van der Waals surface area contributed by atoms with E-state index in [0.717, 1.165) is 12.3 Å². The molecule has 0 spiro atoms. The monoisotopic (exact) mass is 282 g/mol. The van der Waals surface area contributed by atoms with Crippen molar-refractivity contribution >= 4 is 11.8 Å². The van der Waals surface area contributed by atoms with Crippen molar-refractivity contribution in [1.82, 2.24) is 0 Å². The van der Waals surface area contributed by atoms with Crippen LogP contribution in [-0.4, -0.2) is 31.6 Å². The van der Waals surface area contributed by atoms with E-state index in [2.05, 4.69) is 4.74 Å². The van der Waals surface area contributed by atoms with Crippen molar-refractivity contribution in [3.05, 3.63) is 0 Å². The number of ether oxygens (including phenoxy) is 2. The van der Waals surface area contributed by atoms with E-state index in [0.29, 0.717) is 30.3 Å². The zero-order valence-corrected chi connectivity index (χ0v) is 13.0. The smallest absolute Gasteiger partial charge is 0.311 e. The summed E-state index contributed by atoms with van der Waals surface area (Å²) in [7, 11) is 1.42. The van der Waals surface area contributed by atoms with Crippen LogP contribution in [-0.2, 0) is 19.1 Å². The van der Waals surface area contributed by atoms with E-state index in [1.54, 1.807) is 0 Å². The molecule has 4 atom stereocenters. The van der Waals surface area contributed by atoms with Gasteiger partial charge in [-0.1, -0.05) is 6.92 Å². The fourth-order valence-electron chi connectivity index (χ4n) is 3.62. The van der Waals surface area contributed by atoms with Crippen molar-refractivity contribution in [2.75, 3.05) is 13.7 Å². The van der Waals surface area contributed by atoms with Gasteiger partial charge in [0.05, 0.1) is 18.6 Å². The molecule has 0 amide bonds. The molecule has 4 unspecified atom stereocenters. The van der Waals surface area contributed by atoms with E-state index in [1.807, 2.05) is 20.8 Å². The number of fused-ring (bicyclic) bond motifs is 5. The molecule has 20 heavy (non-hydrogen) atoms. The highest BCUT2D eigenvalue weighted by molar-refractivity contribution is 5.85. The Balaban J connectivity index is 0.000000152. The third-order valence-electron chi connectivity index (χ3n) is 5.25. The molecular weight excluding hydrogens is 256 g/mol. The quantitative estimate of drug-likeness (QED) is 0.731. The first kappa shape index (κ1) is 15.5. The molecule has 0 N–H and O–H groups in total. The number of rotatable bonds is 2. The molecule has 114 valence electrons. The Morgan fingerprint density at radius 1 is 1.35 bits per heavy atom.